The summed E-state index contributed by atoms with van der Waals surface area (Å²) in [6, 6.07) is 55.4. The molecule has 0 spiro atoms. The molecular weight excluding hydrogens is 472 g/mol. The molecule has 1 heteroatoms. The lowest BCUT2D eigenvalue weighted by Gasteiger charge is -2.15. The topological polar surface area (TPSA) is 13.1 Å². The van der Waals surface area contributed by atoms with Crippen LogP contribution in [0.15, 0.2) is 162 Å². The van der Waals surface area contributed by atoms with Crippen LogP contribution in [-0.4, -0.2) is 0 Å². The van der Waals surface area contributed by atoms with Crippen molar-refractivity contribution >= 4 is 10.8 Å². The molecule has 7 rings (SSSR count). The van der Waals surface area contributed by atoms with Crippen LogP contribution in [0.3, 0.4) is 0 Å². The first kappa shape index (κ1) is 23.0. The van der Waals surface area contributed by atoms with Crippen molar-refractivity contribution in [3.63, 3.8) is 0 Å². The minimum atomic E-state index is 0.891. The summed E-state index contributed by atoms with van der Waals surface area (Å²) in [4.78, 5) is 0. The Bertz CT molecular complexity index is 1880. The van der Waals surface area contributed by atoms with Gasteiger partial charge in [-0.05, 0) is 33.9 Å². The zero-order chi connectivity index (χ0) is 26.0. The number of furan rings is 1. The van der Waals surface area contributed by atoms with Crippen molar-refractivity contribution in [3.05, 3.63) is 158 Å². The molecule has 1 aromatic heterocycles. The summed E-state index contributed by atoms with van der Waals surface area (Å²) in [5.41, 5.74) is 9.23. The van der Waals surface area contributed by atoms with Crippen molar-refractivity contribution in [1.29, 1.82) is 0 Å². The number of fused-ring (bicyclic) bond motifs is 1. The minimum Gasteiger partial charge on any atom is -0.455 e. The van der Waals surface area contributed by atoms with Crippen LogP contribution < -0.4 is 0 Å². The Morgan fingerprint density at radius 2 is 0.795 bits per heavy atom. The molecule has 0 aliphatic rings. The van der Waals surface area contributed by atoms with Crippen LogP contribution in [-0.2, 0) is 0 Å². The van der Waals surface area contributed by atoms with Crippen molar-refractivity contribution in [3.8, 4) is 56.0 Å². The van der Waals surface area contributed by atoms with E-state index in [-0.39, 0.29) is 0 Å². The fourth-order valence-electron chi connectivity index (χ4n) is 5.49. The van der Waals surface area contributed by atoms with E-state index in [0.717, 1.165) is 33.4 Å². The second kappa shape index (κ2) is 9.96. The monoisotopic (exact) mass is 498 g/mol. The van der Waals surface area contributed by atoms with Crippen molar-refractivity contribution in [1.82, 2.24) is 0 Å². The fraction of sp³-hybridized carbons (Fsp3) is 0. The van der Waals surface area contributed by atoms with Crippen molar-refractivity contribution in [2.24, 2.45) is 0 Å². The second-order valence-electron chi connectivity index (χ2n) is 9.71. The third-order valence-electron chi connectivity index (χ3n) is 7.31. The van der Waals surface area contributed by atoms with E-state index in [9.17, 15) is 0 Å². The van der Waals surface area contributed by atoms with Gasteiger partial charge in [-0.1, -0.05) is 152 Å². The van der Waals surface area contributed by atoms with Crippen LogP contribution in [0, 0.1) is 0 Å². The van der Waals surface area contributed by atoms with Gasteiger partial charge in [0.15, 0.2) is 0 Å². The van der Waals surface area contributed by atoms with E-state index in [4.69, 9.17) is 4.42 Å². The SMILES string of the molecule is c1ccc(-c2cccc(-c3oc(-c4cccc(-c5ccccc5)c4-c4ccccc4)c4ccccc34)c2)cc1. The highest BCUT2D eigenvalue weighted by atomic mass is 16.3. The molecule has 0 saturated heterocycles. The predicted octanol–water partition coefficient (Wildman–Crippen LogP) is 10.8. The third-order valence-corrected chi connectivity index (χ3v) is 7.31. The molecule has 0 amide bonds. The minimum absolute atomic E-state index is 0.891. The average Bonchev–Trinajstić information content (AvgIpc) is 3.42. The number of benzene rings is 6. The predicted molar refractivity (Wildman–Crippen MR) is 163 cm³/mol. The highest BCUT2D eigenvalue weighted by Gasteiger charge is 2.21. The third kappa shape index (κ3) is 4.24. The molecule has 0 atom stereocenters. The maximum absolute atomic E-state index is 6.88. The maximum Gasteiger partial charge on any atom is 0.143 e. The van der Waals surface area contributed by atoms with Crippen LogP contribution in [0.4, 0.5) is 0 Å². The zero-order valence-electron chi connectivity index (χ0n) is 21.4. The van der Waals surface area contributed by atoms with Gasteiger partial charge in [0.05, 0.1) is 0 Å². The van der Waals surface area contributed by atoms with Crippen LogP contribution in [0.25, 0.3) is 66.8 Å². The first-order valence-electron chi connectivity index (χ1n) is 13.3. The highest BCUT2D eigenvalue weighted by molar-refractivity contribution is 6.06. The summed E-state index contributed by atoms with van der Waals surface area (Å²) >= 11 is 0. The largest absolute Gasteiger partial charge is 0.455 e. The van der Waals surface area contributed by atoms with E-state index in [2.05, 4.69) is 152 Å². The molecule has 0 unspecified atom stereocenters. The quantitative estimate of drug-likeness (QED) is 0.230. The molecule has 0 fully saturated rings. The summed E-state index contributed by atoms with van der Waals surface area (Å²) in [5, 5.41) is 2.22. The fourth-order valence-corrected chi connectivity index (χ4v) is 5.49. The lowest BCUT2D eigenvalue weighted by molar-refractivity contribution is 0.602. The first-order valence-corrected chi connectivity index (χ1v) is 13.3. The molecule has 39 heavy (non-hydrogen) atoms. The van der Waals surface area contributed by atoms with Crippen molar-refractivity contribution < 1.29 is 4.42 Å². The molecule has 0 aliphatic heterocycles. The standard InChI is InChI=1S/C38H26O/c1-4-14-27(15-5-1)30-20-12-21-31(26-30)37-33-22-10-11-23-34(33)38(39-37)35-25-13-24-32(28-16-6-2-7-17-28)36(35)29-18-8-3-9-19-29/h1-26H. The van der Waals surface area contributed by atoms with Crippen LogP contribution >= 0.6 is 0 Å². The average molecular weight is 499 g/mol. The van der Waals surface area contributed by atoms with Gasteiger partial charge < -0.3 is 4.42 Å². The Hall–Kier alpha value is -5.14. The Kier molecular flexibility index (Phi) is 5.88. The van der Waals surface area contributed by atoms with E-state index in [1.54, 1.807) is 0 Å². The van der Waals surface area contributed by atoms with Crippen LogP contribution in [0.1, 0.15) is 0 Å². The van der Waals surface area contributed by atoms with E-state index in [1.807, 2.05) is 6.07 Å². The summed E-state index contributed by atoms with van der Waals surface area (Å²) in [6.45, 7) is 0. The molecule has 1 heterocycles. The van der Waals surface area contributed by atoms with E-state index in [1.165, 1.54) is 33.4 Å². The molecule has 0 radical (unpaired) electrons. The number of rotatable bonds is 5. The molecule has 0 bridgehead atoms. The molecule has 6 aromatic carbocycles. The molecule has 0 N–H and O–H groups in total. The van der Waals surface area contributed by atoms with E-state index < -0.39 is 0 Å². The summed E-state index contributed by atoms with van der Waals surface area (Å²) in [7, 11) is 0. The molecular formula is C38H26O. The van der Waals surface area contributed by atoms with Crippen molar-refractivity contribution in [2.75, 3.05) is 0 Å². The van der Waals surface area contributed by atoms with Gasteiger partial charge in [0.2, 0.25) is 0 Å². The Morgan fingerprint density at radius 1 is 0.308 bits per heavy atom. The smallest absolute Gasteiger partial charge is 0.143 e. The molecule has 1 nitrogen and oxygen atoms in total. The highest BCUT2D eigenvalue weighted by Crippen LogP contribution is 2.45. The lowest BCUT2D eigenvalue weighted by Crippen LogP contribution is -1.90. The van der Waals surface area contributed by atoms with Gasteiger partial charge >= 0.3 is 0 Å². The summed E-state index contributed by atoms with van der Waals surface area (Å²) < 4.78 is 6.88. The second-order valence-corrected chi connectivity index (χ2v) is 9.71. The Balaban J connectivity index is 1.47. The lowest BCUT2D eigenvalue weighted by atomic mass is 9.89. The van der Waals surface area contributed by atoms with Gasteiger partial charge in [-0.2, -0.15) is 0 Å². The first-order chi connectivity index (χ1) is 19.4. The maximum atomic E-state index is 6.88. The van der Waals surface area contributed by atoms with Gasteiger partial charge in [-0.25, -0.2) is 0 Å². The normalized spacial score (nSPS) is 11.1. The van der Waals surface area contributed by atoms with Gasteiger partial charge in [-0.15, -0.1) is 0 Å². The Labute approximate surface area is 228 Å². The molecule has 184 valence electrons. The number of hydrogen-bond acceptors (Lipinski definition) is 1. The van der Waals surface area contributed by atoms with Gasteiger partial charge in [0.25, 0.3) is 0 Å². The van der Waals surface area contributed by atoms with Crippen LogP contribution in [0.5, 0.6) is 0 Å². The number of hydrogen-bond donors (Lipinski definition) is 0. The van der Waals surface area contributed by atoms with E-state index >= 15 is 0 Å². The van der Waals surface area contributed by atoms with Gasteiger partial charge in [-0.3, -0.25) is 0 Å². The van der Waals surface area contributed by atoms with Crippen molar-refractivity contribution in [2.45, 2.75) is 0 Å². The zero-order valence-corrected chi connectivity index (χ0v) is 21.4. The molecule has 7 aromatic rings. The van der Waals surface area contributed by atoms with Gasteiger partial charge in [0.1, 0.15) is 11.5 Å². The Morgan fingerprint density at radius 3 is 1.49 bits per heavy atom. The van der Waals surface area contributed by atoms with Gasteiger partial charge in [0, 0.05) is 27.5 Å². The molecule has 0 aliphatic carbocycles. The van der Waals surface area contributed by atoms with Crippen LogP contribution in [0.2, 0.25) is 0 Å². The van der Waals surface area contributed by atoms with E-state index in [0.29, 0.717) is 0 Å². The summed E-state index contributed by atoms with van der Waals surface area (Å²) in [6.07, 6.45) is 0. The molecule has 0 saturated carbocycles. The summed E-state index contributed by atoms with van der Waals surface area (Å²) in [5.74, 6) is 1.78.